The fourth-order valence-electron chi connectivity index (χ4n) is 7.91. The summed E-state index contributed by atoms with van der Waals surface area (Å²) in [5, 5.41) is 20.9. The van der Waals surface area contributed by atoms with Gasteiger partial charge in [0.05, 0.1) is 24.6 Å². The van der Waals surface area contributed by atoms with E-state index in [4.69, 9.17) is 27.9 Å². The minimum atomic E-state index is -2.20. The molecule has 4 aliphatic rings. The normalized spacial score (nSPS) is 29.8. The summed E-state index contributed by atoms with van der Waals surface area (Å²) in [6.45, 7) is 0.107. The Labute approximate surface area is 279 Å². The second-order valence-electron chi connectivity index (χ2n) is 12.4. The van der Waals surface area contributed by atoms with Crippen LogP contribution in [0.2, 0.25) is 0 Å². The Hall–Kier alpha value is -4.41. The summed E-state index contributed by atoms with van der Waals surface area (Å²) in [5.74, 6) is -6.73. The van der Waals surface area contributed by atoms with E-state index in [9.17, 15) is 33.8 Å². The first-order valence-corrected chi connectivity index (χ1v) is 15.9. The van der Waals surface area contributed by atoms with Gasteiger partial charge in [-0.15, -0.1) is 23.2 Å². The molecule has 3 fully saturated rings. The maximum absolute atomic E-state index is 14.5. The number of phenols is 2. The van der Waals surface area contributed by atoms with Crippen LogP contribution in [-0.2, 0) is 25.6 Å². The molecule has 2 aliphatic carbocycles. The molecule has 6 unspecified atom stereocenters. The fraction of sp³-hybridized carbons (Fsp3) is 0.314. The molecule has 3 aromatic rings. The van der Waals surface area contributed by atoms with Crippen molar-refractivity contribution < 1.29 is 38.5 Å². The van der Waals surface area contributed by atoms with Crippen molar-refractivity contribution in [2.45, 2.75) is 34.9 Å². The molecule has 2 aliphatic heterocycles. The highest BCUT2D eigenvalue weighted by atomic mass is 35.5. The van der Waals surface area contributed by atoms with Crippen molar-refractivity contribution in [3.05, 3.63) is 95.3 Å². The molecule has 3 aromatic carbocycles. The molecule has 4 amide bonds. The van der Waals surface area contributed by atoms with E-state index in [2.05, 4.69) is 0 Å². The number of halogens is 3. The van der Waals surface area contributed by atoms with Gasteiger partial charge >= 0.3 is 0 Å². The summed E-state index contributed by atoms with van der Waals surface area (Å²) >= 11 is 14.7. The van der Waals surface area contributed by atoms with Crippen molar-refractivity contribution in [2.24, 2.45) is 17.8 Å². The van der Waals surface area contributed by atoms with Crippen LogP contribution < -0.4 is 9.64 Å². The highest BCUT2D eigenvalue weighted by Gasteiger charge is 2.77. The van der Waals surface area contributed by atoms with E-state index >= 15 is 0 Å². The third kappa shape index (κ3) is 4.41. The molecule has 2 saturated heterocycles. The smallest absolute Gasteiger partial charge is 0.258 e. The maximum atomic E-state index is 14.5. The number of likely N-dealkylation sites (tertiary alicyclic amines) is 1. The van der Waals surface area contributed by atoms with Crippen LogP contribution in [-0.4, -0.2) is 62.1 Å². The Morgan fingerprint density at radius 3 is 2.30 bits per heavy atom. The molecule has 1 saturated carbocycles. The second kappa shape index (κ2) is 11.1. The lowest BCUT2D eigenvalue weighted by Crippen LogP contribution is -2.60. The van der Waals surface area contributed by atoms with E-state index in [0.29, 0.717) is 12.0 Å². The molecule has 0 bridgehead atoms. The summed E-state index contributed by atoms with van der Waals surface area (Å²) in [5.41, 5.74) is 1.50. The number of methoxy groups -OCH3 is 1. The van der Waals surface area contributed by atoms with Crippen molar-refractivity contribution in [2.75, 3.05) is 18.6 Å². The number of phenolic OH excluding ortho intramolecular Hbond substituents is 2. The van der Waals surface area contributed by atoms with E-state index in [0.717, 1.165) is 22.6 Å². The Morgan fingerprint density at radius 1 is 0.915 bits per heavy atom. The number of benzene rings is 3. The number of alkyl halides is 2. The van der Waals surface area contributed by atoms with Gasteiger partial charge in [0.15, 0.2) is 9.75 Å². The van der Waals surface area contributed by atoms with Crippen LogP contribution in [0.4, 0.5) is 10.1 Å². The third-order valence-electron chi connectivity index (χ3n) is 10.1. The number of hydrogen-bond donors (Lipinski definition) is 2. The summed E-state index contributed by atoms with van der Waals surface area (Å²) < 4.78 is 19.5. The topological polar surface area (TPSA) is 124 Å². The van der Waals surface area contributed by atoms with Gasteiger partial charge in [-0.25, -0.2) is 9.29 Å². The van der Waals surface area contributed by atoms with Gasteiger partial charge in [-0.1, -0.05) is 29.8 Å². The number of nitrogens with zero attached hydrogens (tertiary/aromatic N) is 2. The number of ether oxygens (including phenoxy) is 1. The maximum Gasteiger partial charge on any atom is 0.258 e. The molecule has 12 heteroatoms. The van der Waals surface area contributed by atoms with Crippen molar-refractivity contribution >= 4 is 52.5 Å². The van der Waals surface area contributed by atoms with E-state index in [1.54, 1.807) is 30.3 Å². The number of aromatic hydroxyl groups is 2. The number of hydrogen-bond acceptors (Lipinski definition) is 7. The molecular weight excluding hydrogens is 650 g/mol. The predicted molar refractivity (Wildman–Crippen MR) is 170 cm³/mol. The van der Waals surface area contributed by atoms with Gasteiger partial charge in [0.1, 0.15) is 23.1 Å². The van der Waals surface area contributed by atoms with Crippen molar-refractivity contribution in [1.82, 2.24) is 4.90 Å². The zero-order chi connectivity index (χ0) is 33.4. The average molecular weight is 680 g/mol. The number of amides is 4. The first-order valence-electron chi connectivity index (χ1n) is 15.1. The number of anilines is 1. The summed E-state index contributed by atoms with van der Waals surface area (Å²) in [6, 6.07) is 15.8. The lowest BCUT2D eigenvalue weighted by Gasteiger charge is -2.50. The number of carbonyl (C=O) groups excluding carboxylic acids is 4. The molecule has 7 rings (SSSR count). The molecule has 2 heterocycles. The Kier molecular flexibility index (Phi) is 7.37. The van der Waals surface area contributed by atoms with Crippen LogP contribution in [0.15, 0.2) is 78.4 Å². The van der Waals surface area contributed by atoms with Crippen LogP contribution in [0, 0.1) is 23.6 Å². The molecule has 47 heavy (non-hydrogen) atoms. The minimum absolute atomic E-state index is 0.0567. The molecule has 2 N–H and O–H groups in total. The number of carbonyl (C=O) groups is 4. The highest BCUT2D eigenvalue weighted by molar-refractivity contribution is 6.58. The van der Waals surface area contributed by atoms with Gasteiger partial charge in [-0.05, 0) is 79.3 Å². The van der Waals surface area contributed by atoms with Crippen LogP contribution >= 0.6 is 23.2 Å². The summed E-state index contributed by atoms with van der Waals surface area (Å²) in [7, 11) is 1.39. The van der Waals surface area contributed by atoms with E-state index in [1.807, 2.05) is 0 Å². The standard InChI is InChI=1S/C35H29Cl2FN2O7/c1-47-26-4-2-3-25(42)28(26)29-22-13-14-23-27(31(44)39(30(23)43)16-15-18-5-11-21(41)12-6-18)24(22)17-34(36)32(45)40(33(46)35(29,34)37)20-9-7-19(38)8-10-20/h2-13,23-24,27,29,41-42H,14-17H2,1H3. The van der Waals surface area contributed by atoms with Gasteiger partial charge in [-0.3, -0.25) is 24.1 Å². The Morgan fingerprint density at radius 2 is 1.62 bits per heavy atom. The quantitative estimate of drug-likeness (QED) is 0.212. The molecule has 0 aromatic heterocycles. The van der Waals surface area contributed by atoms with Crippen LogP contribution in [0.1, 0.15) is 29.9 Å². The number of allylic oxidation sites excluding steroid dienone is 2. The zero-order valence-corrected chi connectivity index (χ0v) is 26.5. The number of rotatable bonds is 6. The van der Waals surface area contributed by atoms with E-state index in [1.165, 1.54) is 42.3 Å². The highest BCUT2D eigenvalue weighted by Crippen LogP contribution is 2.67. The number of fused-ring (bicyclic) bond motifs is 4. The molecule has 0 spiro atoms. The van der Waals surface area contributed by atoms with Crippen LogP contribution in [0.5, 0.6) is 17.2 Å². The molecule has 6 atom stereocenters. The van der Waals surface area contributed by atoms with Gasteiger partial charge in [0.25, 0.3) is 11.8 Å². The second-order valence-corrected chi connectivity index (χ2v) is 13.6. The molecule has 9 nitrogen and oxygen atoms in total. The first kappa shape index (κ1) is 31.2. The monoisotopic (exact) mass is 678 g/mol. The van der Waals surface area contributed by atoms with Gasteiger partial charge < -0.3 is 14.9 Å². The zero-order valence-electron chi connectivity index (χ0n) is 25.0. The third-order valence-corrected chi connectivity index (χ3v) is 11.5. The van der Waals surface area contributed by atoms with Gasteiger partial charge in [0.2, 0.25) is 11.8 Å². The van der Waals surface area contributed by atoms with Crippen molar-refractivity contribution in [3.8, 4) is 17.2 Å². The van der Waals surface area contributed by atoms with Crippen LogP contribution in [0.3, 0.4) is 0 Å². The SMILES string of the molecule is COc1cccc(O)c1C1C2=CCC3C(=O)N(CCc4ccc(O)cc4)C(=O)C3C2CC2(Cl)C(=O)N(c3ccc(F)cc3)C(=O)C12Cl. The molecular formula is C35H29Cl2FN2O7. The first-order chi connectivity index (χ1) is 22.4. The average Bonchev–Trinajstić information content (AvgIpc) is 3.39. The number of imide groups is 2. The van der Waals surface area contributed by atoms with Crippen molar-refractivity contribution in [3.63, 3.8) is 0 Å². The molecule has 242 valence electrons. The van der Waals surface area contributed by atoms with Gasteiger partial charge in [0, 0.05) is 18.0 Å². The lowest BCUT2D eigenvalue weighted by atomic mass is 9.56. The minimum Gasteiger partial charge on any atom is -0.508 e. The summed E-state index contributed by atoms with van der Waals surface area (Å²) in [6.07, 6.45) is 2.06. The van der Waals surface area contributed by atoms with Gasteiger partial charge in [-0.2, -0.15) is 0 Å². The van der Waals surface area contributed by atoms with Crippen molar-refractivity contribution in [1.29, 1.82) is 0 Å². The molecule has 0 radical (unpaired) electrons. The van der Waals surface area contributed by atoms with E-state index < -0.39 is 57.0 Å². The predicted octanol–water partition coefficient (Wildman–Crippen LogP) is 5.05. The Bertz CT molecular complexity index is 1870. The largest absolute Gasteiger partial charge is 0.508 e. The fourth-order valence-corrected chi connectivity index (χ4v) is 8.82. The van der Waals surface area contributed by atoms with Crippen LogP contribution in [0.25, 0.3) is 0 Å². The Balaban J connectivity index is 1.34. The van der Waals surface area contributed by atoms with E-state index in [-0.39, 0.29) is 53.8 Å². The lowest BCUT2D eigenvalue weighted by molar-refractivity contribution is -0.140. The summed E-state index contributed by atoms with van der Waals surface area (Å²) in [4.78, 5) is 54.4.